The van der Waals surface area contributed by atoms with Gasteiger partial charge in [0, 0.05) is 32.7 Å². The largest absolute Gasteiger partial charge is 0.395 e. The Morgan fingerprint density at radius 2 is 1.67 bits per heavy atom. The number of carbonyl (C=O) groups is 2. The van der Waals surface area contributed by atoms with Crippen molar-refractivity contribution < 1.29 is 14.7 Å². The SMILES string of the molecule is CC1(C)NC(=O)N(CCN2CCCN(CCO)CC2)C1=O. The van der Waals surface area contributed by atoms with Crippen molar-refractivity contribution in [3.05, 3.63) is 0 Å². The first-order valence-corrected chi connectivity index (χ1v) is 7.64. The van der Waals surface area contributed by atoms with Gasteiger partial charge in [0.15, 0.2) is 0 Å². The molecule has 2 aliphatic rings. The van der Waals surface area contributed by atoms with Crippen LogP contribution in [-0.4, -0.2) is 89.7 Å². The van der Waals surface area contributed by atoms with Gasteiger partial charge in [-0.1, -0.05) is 0 Å². The minimum Gasteiger partial charge on any atom is -0.395 e. The van der Waals surface area contributed by atoms with Crippen molar-refractivity contribution in [3.8, 4) is 0 Å². The van der Waals surface area contributed by atoms with Crippen molar-refractivity contribution >= 4 is 11.9 Å². The number of nitrogens with zero attached hydrogens (tertiary/aromatic N) is 3. The Labute approximate surface area is 125 Å². The molecule has 0 unspecified atom stereocenters. The Kier molecular flexibility index (Phi) is 5.18. The summed E-state index contributed by atoms with van der Waals surface area (Å²) in [5.74, 6) is -0.149. The molecule has 0 radical (unpaired) electrons. The summed E-state index contributed by atoms with van der Waals surface area (Å²) in [6.07, 6.45) is 1.05. The summed E-state index contributed by atoms with van der Waals surface area (Å²) in [4.78, 5) is 29.8. The monoisotopic (exact) mass is 298 g/mol. The van der Waals surface area contributed by atoms with Crippen LogP contribution in [0.3, 0.4) is 0 Å². The van der Waals surface area contributed by atoms with E-state index in [0.717, 1.165) is 39.1 Å². The maximum Gasteiger partial charge on any atom is 0.325 e. The van der Waals surface area contributed by atoms with E-state index in [4.69, 9.17) is 5.11 Å². The van der Waals surface area contributed by atoms with E-state index < -0.39 is 5.54 Å². The van der Waals surface area contributed by atoms with Gasteiger partial charge in [0.2, 0.25) is 0 Å². The number of rotatable bonds is 5. The van der Waals surface area contributed by atoms with Crippen molar-refractivity contribution in [2.45, 2.75) is 25.8 Å². The highest BCUT2D eigenvalue weighted by molar-refractivity contribution is 6.06. The first kappa shape index (κ1) is 16.2. The predicted octanol–water partition coefficient (Wildman–Crippen LogP) is -0.683. The molecule has 0 aliphatic carbocycles. The molecule has 120 valence electrons. The molecule has 0 aromatic heterocycles. The van der Waals surface area contributed by atoms with E-state index in [-0.39, 0.29) is 18.5 Å². The number of imide groups is 1. The molecule has 3 amide bonds. The second-order valence-electron chi connectivity index (χ2n) is 6.27. The molecule has 0 bridgehead atoms. The van der Waals surface area contributed by atoms with Gasteiger partial charge < -0.3 is 15.3 Å². The van der Waals surface area contributed by atoms with E-state index in [9.17, 15) is 9.59 Å². The number of urea groups is 1. The standard InChI is InChI=1S/C14H26N4O3/c1-14(2)12(20)18(13(21)15-14)9-8-16-4-3-5-17(7-6-16)10-11-19/h19H,3-11H2,1-2H3,(H,15,21). The van der Waals surface area contributed by atoms with Crippen LogP contribution in [0.1, 0.15) is 20.3 Å². The third-order valence-electron chi connectivity index (χ3n) is 4.18. The number of carbonyl (C=O) groups excluding carboxylic acids is 2. The number of amides is 3. The zero-order chi connectivity index (χ0) is 15.5. The number of hydrogen-bond acceptors (Lipinski definition) is 5. The highest BCUT2D eigenvalue weighted by Gasteiger charge is 2.43. The molecule has 0 saturated carbocycles. The third-order valence-corrected chi connectivity index (χ3v) is 4.18. The van der Waals surface area contributed by atoms with Gasteiger partial charge in [-0.05, 0) is 33.4 Å². The minimum atomic E-state index is -0.784. The fourth-order valence-corrected chi connectivity index (χ4v) is 2.88. The normalized spacial score (nSPS) is 24.2. The highest BCUT2D eigenvalue weighted by atomic mass is 16.3. The Morgan fingerprint density at radius 3 is 2.19 bits per heavy atom. The molecule has 2 N–H and O–H groups in total. The van der Waals surface area contributed by atoms with Crippen LogP contribution in [-0.2, 0) is 4.79 Å². The minimum absolute atomic E-state index is 0.149. The molecule has 7 heteroatoms. The number of aliphatic hydroxyl groups excluding tert-OH is 1. The molecule has 21 heavy (non-hydrogen) atoms. The lowest BCUT2D eigenvalue weighted by Gasteiger charge is -2.23. The molecule has 2 saturated heterocycles. The molecule has 7 nitrogen and oxygen atoms in total. The van der Waals surface area contributed by atoms with Crippen LogP contribution in [0, 0.1) is 0 Å². The Morgan fingerprint density at radius 1 is 1.05 bits per heavy atom. The summed E-state index contributed by atoms with van der Waals surface area (Å²) >= 11 is 0. The molecule has 0 atom stereocenters. The van der Waals surface area contributed by atoms with Crippen LogP contribution < -0.4 is 5.32 Å². The van der Waals surface area contributed by atoms with Gasteiger partial charge in [0.1, 0.15) is 5.54 Å². The van der Waals surface area contributed by atoms with Gasteiger partial charge in [0.05, 0.1) is 6.61 Å². The number of β-amino-alcohol motifs (C(OH)–C–C–N with tert-alkyl or cyclic N) is 1. The van der Waals surface area contributed by atoms with Gasteiger partial charge in [0.25, 0.3) is 5.91 Å². The van der Waals surface area contributed by atoms with Gasteiger partial charge >= 0.3 is 6.03 Å². The number of nitrogens with one attached hydrogen (secondary N) is 1. The fourth-order valence-electron chi connectivity index (χ4n) is 2.88. The maximum atomic E-state index is 12.1. The molecule has 0 aromatic carbocycles. The van der Waals surface area contributed by atoms with E-state index in [2.05, 4.69) is 15.1 Å². The molecular weight excluding hydrogens is 272 g/mol. The lowest BCUT2D eigenvalue weighted by atomic mass is 10.1. The Hall–Kier alpha value is -1.18. The van der Waals surface area contributed by atoms with Gasteiger partial charge in [-0.2, -0.15) is 0 Å². The molecule has 2 aliphatic heterocycles. The lowest BCUT2D eigenvalue weighted by Crippen LogP contribution is -2.42. The summed E-state index contributed by atoms with van der Waals surface area (Å²) in [5.41, 5.74) is -0.784. The maximum absolute atomic E-state index is 12.1. The van der Waals surface area contributed by atoms with E-state index in [1.807, 2.05) is 0 Å². The van der Waals surface area contributed by atoms with Crippen LogP contribution in [0.2, 0.25) is 0 Å². The molecular formula is C14H26N4O3. The predicted molar refractivity (Wildman–Crippen MR) is 78.9 cm³/mol. The number of hydrogen-bond donors (Lipinski definition) is 2. The number of aliphatic hydroxyl groups is 1. The van der Waals surface area contributed by atoms with Crippen molar-refractivity contribution in [1.82, 2.24) is 20.0 Å². The average molecular weight is 298 g/mol. The Balaban J connectivity index is 1.81. The van der Waals surface area contributed by atoms with E-state index in [1.54, 1.807) is 13.8 Å². The quantitative estimate of drug-likeness (QED) is 0.658. The third kappa shape index (κ3) is 3.93. The van der Waals surface area contributed by atoms with Crippen LogP contribution in [0.15, 0.2) is 0 Å². The van der Waals surface area contributed by atoms with Crippen LogP contribution in [0.5, 0.6) is 0 Å². The molecule has 0 aromatic rings. The first-order chi connectivity index (χ1) is 9.94. The van der Waals surface area contributed by atoms with E-state index in [0.29, 0.717) is 13.1 Å². The van der Waals surface area contributed by atoms with E-state index in [1.165, 1.54) is 4.90 Å². The van der Waals surface area contributed by atoms with Crippen molar-refractivity contribution in [3.63, 3.8) is 0 Å². The second-order valence-corrected chi connectivity index (χ2v) is 6.27. The van der Waals surface area contributed by atoms with Gasteiger partial charge in [-0.3, -0.25) is 14.6 Å². The first-order valence-electron chi connectivity index (χ1n) is 7.64. The smallest absolute Gasteiger partial charge is 0.325 e. The molecule has 0 spiro atoms. The highest BCUT2D eigenvalue weighted by Crippen LogP contribution is 2.16. The lowest BCUT2D eigenvalue weighted by molar-refractivity contribution is -0.130. The summed E-state index contributed by atoms with van der Waals surface area (Å²) in [6, 6.07) is -0.290. The molecule has 2 rings (SSSR count). The van der Waals surface area contributed by atoms with Crippen LogP contribution >= 0.6 is 0 Å². The van der Waals surface area contributed by atoms with Crippen molar-refractivity contribution in [1.29, 1.82) is 0 Å². The van der Waals surface area contributed by atoms with Gasteiger partial charge in [-0.15, -0.1) is 0 Å². The summed E-state index contributed by atoms with van der Waals surface area (Å²) in [7, 11) is 0. The fraction of sp³-hybridized carbons (Fsp3) is 0.857. The van der Waals surface area contributed by atoms with Crippen LogP contribution in [0.4, 0.5) is 4.79 Å². The Bertz CT molecular complexity index is 400. The second kappa shape index (κ2) is 6.72. The zero-order valence-corrected chi connectivity index (χ0v) is 13.0. The summed E-state index contributed by atoms with van der Waals surface area (Å²) in [5, 5.41) is 11.7. The van der Waals surface area contributed by atoms with Gasteiger partial charge in [-0.25, -0.2) is 4.79 Å². The van der Waals surface area contributed by atoms with Crippen molar-refractivity contribution in [2.75, 3.05) is 52.4 Å². The molecule has 2 fully saturated rings. The average Bonchev–Trinajstić information content (AvgIpc) is 2.60. The topological polar surface area (TPSA) is 76.1 Å². The van der Waals surface area contributed by atoms with Crippen LogP contribution in [0.25, 0.3) is 0 Å². The van der Waals surface area contributed by atoms with Crippen molar-refractivity contribution in [2.24, 2.45) is 0 Å². The van der Waals surface area contributed by atoms with E-state index >= 15 is 0 Å². The molecule has 2 heterocycles. The summed E-state index contributed by atoms with van der Waals surface area (Å²) in [6.45, 7) is 9.31. The summed E-state index contributed by atoms with van der Waals surface area (Å²) < 4.78 is 0. The zero-order valence-electron chi connectivity index (χ0n) is 13.0.